The number of aryl methyl sites for hydroxylation is 1. The molecule has 0 aliphatic carbocycles. The fourth-order valence-corrected chi connectivity index (χ4v) is 3.55. The van der Waals surface area contributed by atoms with Crippen LogP contribution in [0.15, 0.2) is 41.2 Å². The standard InChI is InChI=1S/C19H17ClN2O4S/c1-2-3-10-22-18(24)13-7-5-4-6-12(13)17(21-22)19(25)26-11-14(23)15-8-9-16(20)27-15/h4-9H,2-3,10-11H2,1H3. The number of esters is 1. The van der Waals surface area contributed by atoms with Gasteiger partial charge in [0.05, 0.1) is 14.6 Å². The Kier molecular flexibility index (Phi) is 6.03. The van der Waals surface area contributed by atoms with E-state index in [0.29, 0.717) is 26.5 Å². The number of Topliss-reactive ketones (excluding diaryl/α,β-unsaturated/α-hetero) is 1. The number of benzene rings is 1. The van der Waals surface area contributed by atoms with Crippen LogP contribution in [0.2, 0.25) is 4.34 Å². The lowest BCUT2D eigenvalue weighted by Crippen LogP contribution is -2.27. The molecule has 0 atom stereocenters. The number of fused-ring (bicyclic) bond motifs is 1. The van der Waals surface area contributed by atoms with E-state index in [0.717, 1.165) is 24.2 Å². The Morgan fingerprint density at radius 1 is 1.19 bits per heavy atom. The number of hydrogen-bond donors (Lipinski definition) is 0. The Bertz CT molecular complexity index is 1060. The molecule has 0 N–H and O–H groups in total. The highest BCUT2D eigenvalue weighted by atomic mass is 35.5. The van der Waals surface area contributed by atoms with Crippen molar-refractivity contribution in [2.45, 2.75) is 26.3 Å². The number of halogens is 1. The van der Waals surface area contributed by atoms with Crippen LogP contribution in [0.1, 0.15) is 39.9 Å². The lowest BCUT2D eigenvalue weighted by molar-refractivity contribution is 0.0469. The van der Waals surface area contributed by atoms with Crippen LogP contribution in [0.25, 0.3) is 10.8 Å². The smallest absolute Gasteiger partial charge is 0.359 e. The molecule has 2 heterocycles. The van der Waals surface area contributed by atoms with Gasteiger partial charge in [-0.25, -0.2) is 9.48 Å². The van der Waals surface area contributed by atoms with E-state index < -0.39 is 12.6 Å². The molecule has 0 saturated heterocycles. The largest absolute Gasteiger partial charge is 0.452 e. The minimum Gasteiger partial charge on any atom is -0.452 e. The van der Waals surface area contributed by atoms with Crippen LogP contribution in [0.5, 0.6) is 0 Å². The molecule has 1 aromatic carbocycles. The molecule has 27 heavy (non-hydrogen) atoms. The van der Waals surface area contributed by atoms with E-state index in [9.17, 15) is 14.4 Å². The Hall–Kier alpha value is -2.51. The Balaban J connectivity index is 1.88. The van der Waals surface area contributed by atoms with E-state index in [1.54, 1.807) is 36.4 Å². The summed E-state index contributed by atoms with van der Waals surface area (Å²) in [4.78, 5) is 37.6. The van der Waals surface area contributed by atoms with Gasteiger partial charge in [-0.3, -0.25) is 9.59 Å². The van der Waals surface area contributed by atoms with Crippen molar-refractivity contribution in [3.8, 4) is 0 Å². The van der Waals surface area contributed by atoms with E-state index in [-0.39, 0.29) is 17.0 Å². The third-order valence-electron chi connectivity index (χ3n) is 3.97. The molecular formula is C19H17ClN2O4S. The van der Waals surface area contributed by atoms with Crippen LogP contribution in [-0.4, -0.2) is 28.1 Å². The number of carbonyl (C=O) groups excluding carboxylic acids is 2. The molecule has 0 amide bonds. The number of hydrogen-bond acceptors (Lipinski definition) is 6. The van der Waals surface area contributed by atoms with Gasteiger partial charge in [0.2, 0.25) is 5.78 Å². The van der Waals surface area contributed by atoms with Gasteiger partial charge in [-0.2, -0.15) is 5.10 Å². The molecule has 0 fully saturated rings. The summed E-state index contributed by atoms with van der Waals surface area (Å²) < 4.78 is 6.93. The van der Waals surface area contributed by atoms with E-state index in [2.05, 4.69) is 5.10 Å². The summed E-state index contributed by atoms with van der Waals surface area (Å²) in [5, 5.41) is 5.00. The maximum atomic E-state index is 12.6. The molecule has 0 bridgehead atoms. The maximum Gasteiger partial charge on any atom is 0.359 e. The number of rotatable bonds is 7. The number of unbranched alkanes of at least 4 members (excludes halogenated alkanes) is 1. The highest BCUT2D eigenvalue weighted by molar-refractivity contribution is 7.18. The fraction of sp³-hybridized carbons (Fsp3) is 0.263. The normalized spacial score (nSPS) is 10.9. The van der Waals surface area contributed by atoms with Crippen LogP contribution in [-0.2, 0) is 11.3 Å². The average Bonchev–Trinajstić information content (AvgIpc) is 3.12. The predicted octanol–water partition coefficient (Wildman–Crippen LogP) is 3.95. The van der Waals surface area contributed by atoms with Crippen molar-refractivity contribution >= 4 is 45.5 Å². The second kappa shape index (κ2) is 8.45. The zero-order valence-corrected chi connectivity index (χ0v) is 16.2. The van der Waals surface area contributed by atoms with E-state index in [4.69, 9.17) is 16.3 Å². The summed E-state index contributed by atoms with van der Waals surface area (Å²) >= 11 is 6.94. The Labute approximate surface area is 164 Å². The zero-order valence-electron chi connectivity index (χ0n) is 14.6. The highest BCUT2D eigenvalue weighted by Crippen LogP contribution is 2.22. The number of ketones is 1. The number of aromatic nitrogens is 2. The molecule has 0 spiro atoms. The van der Waals surface area contributed by atoms with Crippen LogP contribution < -0.4 is 5.56 Å². The van der Waals surface area contributed by atoms with Crippen molar-refractivity contribution < 1.29 is 14.3 Å². The van der Waals surface area contributed by atoms with Gasteiger partial charge in [-0.15, -0.1) is 11.3 Å². The second-order valence-corrected chi connectivity index (χ2v) is 7.59. The van der Waals surface area contributed by atoms with Crippen LogP contribution in [0.4, 0.5) is 0 Å². The Morgan fingerprint density at radius 2 is 1.93 bits per heavy atom. The van der Waals surface area contributed by atoms with E-state index in [1.165, 1.54) is 4.68 Å². The van der Waals surface area contributed by atoms with E-state index >= 15 is 0 Å². The Morgan fingerprint density at radius 3 is 2.59 bits per heavy atom. The molecule has 3 rings (SSSR count). The SMILES string of the molecule is CCCCn1nc(C(=O)OCC(=O)c2ccc(Cl)s2)c2ccccc2c1=O. The first-order valence-electron chi connectivity index (χ1n) is 8.46. The minimum atomic E-state index is -0.743. The minimum absolute atomic E-state index is 0.0262. The first-order chi connectivity index (χ1) is 13.0. The summed E-state index contributed by atoms with van der Waals surface area (Å²) in [6.07, 6.45) is 1.65. The molecule has 140 valence electrons. The third-order valence-corrected chi connectivity index (χ3v) is 5.24. The fourth-order valence-electron chi connectivity index (χ4n) is 2.58. The molecular weight excluding hydrogens is 388 g/mol. The van der Waals surface area contributed by atoms with Gasteiger partial charge in [-0.1, -0.05) is 43.1 Å². The van der Waals surface area contributed by atoms with Gasteiger partial charge in [0.25, 0.3) is 5.56 Å². The molecule has 2 aromatic heterocycles. The third kappa shape index (κ3) is 4.26. The summed E-state index contributed by atoms with van der Waals surface area (Å²) in [7, 11) is 0. The first-order valence-corrected chi connectivity index (χ1v) is 9.66. The van der Waals surface area contributed by atoms with Crippen LogP contribution in [0, 0.1) is 0 Å². The van der Waals surface area contributed by atoms with Crippen LogP contribution >= 0.6 is 22.9 Å². The lowest BCUT2D eigenvalue weighted by atomic mass is 10.1. The molecule has 3 aromatic rings. The number of nitrogens with zero attached hydrogens (tertiary/aromatic N) is 2. The van der Waals surface area contributed by atoms with E-state index in [1.807, 2.05) is 6.92 Å². The zero-order chi connectivity index (χ0) is 19.4. The van der Waals surface area contributed by atoms with Crippen molar-refractivity contribution in [1.82, 2.24) is 9.78 Å². The maximum absolute atomic E-state index is 12.6. The predicted molar refractivity (Wildman–Crippen MR) is 105 cm³/mol. The van der Waals surface area contributed by atoms with Gasteiger partial charge in [0.1, 0.15) is 0 Å². The average molecular weight is 405 g/mol. The second-order valence-electron chi connectivity index (χ2n) is 5.88. The van der Waals surface area contributed by atoms with Gasteiger partial charge in [0, 0.05) is 11.9 Å². The molecule has 0 saturated carbocycles. The molecule has 6 nitrogen and oxygen atoms in total. The topological polar surface area (TPSA) is 78.3 Å². The lowest BCUT2D eigenvalue weighted by Gasteiger charge is -2.10. The number of carbonyl (C=O) groups is 2. The van der Waals surface area contributed by atoms with Gasteiger partial charge < -0.3 is 4.74 Å². The quantitative estimate of drug-likeness (QED) is 0.440. The van der Waals surface area contributed by atoms with Crippen molar-refractivity contribution in [2.75, 3.05) is 6.61 Å². The van der Waals surface area contributed by atoms with Gasteiger partial charge in [0.15, 0.2) is 12.3 Å². The molecule has 0 aliphatic heterocycles. The number of thiophene rings is 1. The van der Waals surface area contributed by atoms with Crippen molar-refractivity contribution in [3.05, 3.63) is 61.7 Å². The number of ether oxygens (including phenoxy) is 1. The first kappa shape index (κ1) is 19.3. The summed E-state index contributed by atoms with van der Waals surface area (Å²) in [5.41, 5.74) is -0.224. The molecule has 8 heteroatoms. The van der Waals surface area contributed by atoms with Gasteiger partial charge in [-0.05, 0) is 24.6 Å². The summed E-state index contributed by atoms with van der Waals surface area (Å²) in [5.74, 6) is -1.09. The van der Waals surface area contributed by atoms with Gasteiger partial charge >= 0.3 is 5.97 Å². The monoisotopic (exact) mass is 404 g/mol. The molecule has 0 aliphatic rings. The summed E-state index contributed by atoms with van der Waals surface area (Å²) in [6.45, 7) is 2.00. The van der Waals surface area contributed by atoms with Crippen molar-refractivity contribution in [2.24, 2.45) is 0 Å². The van der Waals surface area contributed by atoms with Crippen molar-refractivity contribution in [3.63, 3.8) is 0 Å². The molecule has 0 unspecified atom stereocenters. The molecule has 0 radical (unpaired) electrons. The highest BCUT2D eigenvalue weighted by Gasteiger charge is 2.19. The summed E-state index contributed by atoms with van der Waals surface area (Å²) in [6, 6.07) is 9.94. The van der Waals surface area contributed by atoms with Crippen LogP contribution in [0.3, 0.4) is 0 Å². The van der Waals surface area contributed by atoms with Crippen molar-refractivity contribution in [1.29, 1.82) is 0 Å².